The monoisotopic (exact) mass is 283 g/mol. The summed E-state index contributed by atoms with van der Waals surface area (Å²) in [5.41, 5.74) is 6.46. The molecule has 1 aromatic rings. The molecule has 1 aromatic carbocycles. The molecule has 1 aliphatic carbocycles. The van der Waals surface area contributed by atoms with Gasteiger partial charge in [0.15, 0.2) is 5.78 Å². The smallest absolute Gasteiger partial charge is 0.171 e. The van der Waals surface area contributed by atoms with Gasteiger partial charge in [0.1, 0.15) is 0 Å². The van der Waals surface area contributed by atoms with E-state index in [1.165, 1.54) is 0 Å². The van der Waals surface area contributed by atoms with Gasteiger partial charge in [-0.25, -0.2) is 0 Å². The lowest BCUT2D eigenvalue weighted by molar-refractivity contribution is 0.0209. The quantitative estimate of drug-likeness (QED) is 0.766. The standard InChI is InChI=1S/C12H14BrNO2/c1-12(2)10(15)8-5-6(13)3-4-7(8)9(14)11(12)16/h3-5,9,11,16H,14H2,1-2H3/t9-,11+/m1/s1. The van der Waals surface area contributed by atoms with Crippen LogP contribution in [0, 0.1) is 5.41 Å². The summed E-state index contributed by atoms with van der Waals surface area (Å²) in [6.07, 6.45) is -0.839. The number of carbonyl (C=O) groups is 1. The predicted octanol–water partition coefficient (Wildman–Crippen LogP) is 2.03. The minimum absolute atomic E-state index is 0.0574. The van der Waals surface area contributed by atoms with Crippen LogP contribution in [0.4, 0.5) is 0 Å². The van der Waals surface area contributed by atoms with E-state index in [1.54, 1.807) is 26.0 Å². The minimum Gasteiger partial charge on any atom is -0.390 e. The first kappa shape index (κ1) is 11.8. The molecule has 3 N–H and O–H groups in total. The Kier molecular flexibility index (Phi) is 2.69. The summed E-state index contributed by atoms with van der Waals surface area (Å²) in [5.74, 6) is -0.0574. The number of hydrogen-bond acceptors (Lipinski definition) is 3. The summed E-state index contributed by atoms with van der Waals surface area (Å²) in [6.45, 7) is 3.45. The SMILES string of the molecule is CC1(C)C(=O)c2cc(Br)ccc2[C@@H](N)[C@@H]1O. The van der Waals surface area contributed by atoms with Crippen LogP contribution in [0.1, 0.15) is 35.8 Å². The van der Waals surface area contributed by atoms with E-state index in [0.29, 0.717) is 5.56 Å². The number of aliphatic hydroxyl groups excluding tert-OH is 1. The Morgan fingerprint density at radius 2 is 2.06 bits per heavy atom. The van der Waals surface area contributed by atoms with Gasteiger partial charge in [-0.05, 0) is 31.5 Å². The van der Waals surface area contributed by atoms with Gasteiger partial charge in [0.05, 0.1) is 17.6 Å². The first-order valence-electron chi connectivity index (χ1n) is 5.13. The highest BCUT2D eigenvalue weighted by atomic mass is 79.9. The number of rotatable bonds is 0. The fourth-order valence-electron chi connectivity index (χ4n) is 2.12. The minimum atomic E-state index is -0.839. The molecule has 0 radical (unpaired) electrons. The summed E-state index contributed by atoms with van der Waals surface area (Å²) in [6, 6.07) is 4.89. The van der Waals surface area contributed by atoms with E-state index in [2.05, 4.69) is 15.9 Å². The molecule has 0 aliphatic heterocycles. The van der Waals surface area contributed by atoms with Crippen molar-refractivity contribution in [2.45, 2.75) is 26.0 Å². The topological polar surface area (TPSA) is 63.3 Å². The molecule has 0 heterocycles. The molecule has 2 rings (SSSR count). The second kappa shape index (κ2) is 3.65. The first-order valence-corrected chi connectivity index (χ1v) is 5.93. The average Bonchev–Trinajstić information content (AvgIpc) is 2.24. The van der Waals surface area contributed by atoms with Gasteiger partial charge in [-0.1, -0.05) is 22.0 Å². The molecular formula is C12H14BrNO2. The van der Waals surface area contributed by atoms with Crippen LogP contribution in [-0.2, 0) is 0 Å². The molecule has 86 valence electrons. The Hall–Kier alpha value is -0.710. The van der Waals surface area contributed by atoms with Gasteiger partial charge in [-0.15, -0.1) is 0 Å². The Labute approximate surface area is 103 Å². The van der Waals surface area contributed by atoms with Gasteiger partial charge in [0, 0.05) is 10.0 Å². The molecule has 0 fully saturated rings. The van der Waals surface area contributed by atoms with Gasteiger partial charge in [0.25, 0.3) is 0 Å². The third kappa shape index (κ3) is 1.52. The Morgan fingerprint density at radius 1 is 1.44 bits per heavy atom. The molecule has 0 saturated heterocycles. The van der Waals surface area contributed by atoms with Crippen molar-refractivity contribution in [2.75, 3.05) is 0 Å². The predicted molar refractivity (Wildman–Crippen MR) is 65.2 cm³/mol. The molecule has 0 bridgehead atoms. The van der Waals surface area contributed by atoms with Crippen molar-refractivity contribution < 1.29 is 9.90 Å². The Balaban J connectivity index is 2.65. The summed E-state index contributed by atoms with van der Waals surface area (Å²) < 4.78 is 0.846. The second-order valence-electron chi connectivity index (χ2n) is 4.75. The lowest BCUT2D eigenvalue weighted by atomic mass is 9.69. The zero-order valence-electron chi connectivity index (χ0n) is 9.20. The number of aliphatic hydroxyl groups is 1. The van der Waals surface area contributed by atoms with Crippen LogP contribution in [-0.4, -0.2) is 17.0 Å². The van der Waals surface area contributed by atoms with Crippen molar-refractivity contribution in [3.63, 3.8) is 0 Å². The maximum absolute atomic E-state index is 12.2. The Bertz CT molecular complexity index is 456. The molecule has 0 unspecified atom stereocenters. The van der Waals surface area contributed by atoms with Crippen LogP contribution in [0.5, 0.6) is 0 Å². The molecule has 1 aliphatic rings. The highest BCUT2D eigenvalue weighted by Crippen LogP contribution is 2.40. The van der Waals surface area contributed by atoms with E-state index < -0.39 is 17.6 Å². The number of Topliss-reactive ketones (excluding diaryl/α,β-unsaturated/α-hetero) is 1. The van der Waals surface area contributed by atoms with E-state index in [1.807, 2.05) is 6.07 Å². The number of fused-ring (bicyclic) bond motifs is 1. The summed E-state index contributed by atoms with van der Waals surface area (Å²) in [4.78, 5) is 12.2. The number of nitrogens with two attached hydrogens (primary N) is 1. The van der Waals surface area contributed by atoms with E-state index in [0.717, 1.165) is 10.0 Å². The molecule has 0 amide bonds. The highest BCUT2D eigenvalue weighted by molar-refractivity contribution is 9.10. The Morgan fingerprint density at radius 3 is 2.69 bits per heavy atom. The van der Waals surface area contributed by atoms with Crippen LogP contribution in [0.3, 0.4) is 0 Å². The number of benzene rings is 1. The maximum Gasteiger partial charge on any atom is 0.171 e. The zero-order chi connectivity index (χ0) is 12.1. The van der Waals surface area contributed by atoms with Crippen LogP contribution in [0.15, 0.2) is 22.7 Å². The summed E-state index contributed by atoms with van der Waals surface area (Å²) in [7, 11) is 0. The summed E-state index contributed by atoms with van der Waals surface area (Å²) >= 11 is 3.33. The molecule has 0 saturated carbocycles. The van der Waals surface area contributed by atoms with Gasteiger partial charge in [-0.3, -0.25) is 4.79 Å². The van der Waals surface area contributed by atoms with E-state index in [-0.39, 0.29) is 5.78 Å². The van der Waals surface area contributed by atoms with Crippen molar-refractivity contribution in [1.29, 1.82) is 0 Å². The molecule has 0 aromatic heterocycles. The molecule has 0 spiro atoms. The molecule has 3 nitrogen and oxygen atoms in total. The average molecular weight is 284 g/mol. The molecular weight excluding hydrogens is 270 g/mol. The number of ketones is 1. The van der Waals surface area contributed by atoms with Crippen molar-refractivity contribution in [3.05, 3.63) is 33.8 Å². The van der Waals surface area contributed by atoms with Gasteiger partial charge in [-0.2, -0.15) is 0 Å². The number of hydrogen-bond donors (Lipinski definition) is 2. The third-order valence-electron chi connectivity index (χ3n) is 3.28. The van der Waals surface area contributed by atoms with E-state index in [9.17, 15) is 9.90 Å². The van der Waals surface area contributed by atoms with Crippen LogP contribution in [0.2, 0.25) is 0 Å². The van der Waals surface area contributed by atoms with Crippen LogP contribution < -0.4 is 5.73 Å². The fraction of sp³-hybridized carbons (Fsp3) is 0.417. The zero-order valence-corrected chi connectivity index (χ0v) is 10.8. The van der Waals surface area contributed by atoms with Crippen LogP contribution in [0.25, 0.3) is 0 Å². The van der Waals surface area contributed by atoms with E-state index in [4.69, 9.17) is 5.73 Å². The van der Waals surface area contributed by atoms with Crippen molar-refractivity contribution in [1.82, 2.24) is 0 Å². The molecule has 2 atom stereocenters. The van der Waals surface area contributed by atoms with Crippen molar-refractivity contribution in [2.24, 2.45) is 11.1 Å². The maximum atomic E-state index is 12.2. The lowest BCUT2D eigenvalue weighted by Crippen LogP contribution is -2.48. The van der Waals surface area contributed by atoms with Gasteiger partial charge >= 0.3 is 0 Å². The normalized spacial score (nSPS) is 27.7. The summed E-state index contributed by atoms with van der Waals surface area (Å²) in [5, 5.41) is 10.0. The first-order chi connectivity index (χ1) is 7.35. The van der Waals surface area contributed by atoms with E-state index >= 15 is 0 Å². The lowest BCUT2D eigenvalue weighted by Gasteiger charge is -2.38. The highest BCUT2D eigenvalue weighted by Gasteiger charge is 2.45. The largest absolute Gasteiger partial charge is 0.390 e. The van der Waals surface area contributed by atoms with Gasteiger partial charge in [0.2, 0.25) is 0 Å². The third-order valence-corrected chi connectivity index (χ3v) is 3.78. The molecule has 4 heteroatoms. The number of carbonyl (C=O) groups excluding carboxylic acids is 1. The molecule has 16 heavy (non-hydrogen) atoms. The van der Waals surface area contributed by atoms with Crippen molar-refractivity contribution in [3.8, 4) is 0 Å². The second-order valence-corrected chi connectivity index (χ2v) is 5.67. The number of halogens is 1. The van der Waals surface area contributed by atoms with Crippen LogP contribution >= 0.6 is 15.9 Å². The van der Waals surface area contributed by atoms with Crippen molar-refractivity contribution >= 4 is 21.7 Å². The van der Waals surface area contributed by atoms with Gasteiger partial charge < -0.3 is 10.8 Å². The fourth-order valence-corrected chi connectivity index (χ4v) is 2.48.